The molecule has 0 saturated heterocycles. The van der Waals surface area contributed by atoms with Crippen molar-refractivity contribution in [2.24, 2.45) is 13.0 Å². The van der Waals surface area contributed by atoms with Crippen molar-refractivity contribution in [3.05, 3.63) is 78.1 Å². The van der Waals surface area contributed by atoms with Crippen LogP contribution in [0.4, 0.5) is 5.69 Å². The molecule has 2 heterocycles. The summed E-state index contributed by atoms with van der Waals surface area (Å²) in [5.41, 5.74) is 4.59. The maximum atomic E-state index is 13.6. The van der Waals surface area contributed by atoms with E-state index in [4.69, 9.17) is 4.98 Å². The Labute approximate surface area is 204 Å². The molecule has 2 amide bonds. The molecule has 4 aromatic rings. The smallest absolute Gasteiger partial charge is 0.254 e. The summed E-state index contributed by atoms with van der Waals surface area (Å²) in [4.78, 5) is 37.3. The van der Waals surface area contributed by atoms with Crippen molar-refractivity contribution in [3.63, 3.8) is 0 Å². The van der Waals surface area contributed by atoms with Gasteiger partial charge in [0.2, 0.25) is 5.91 Å². The van der Waals surface area contributed by atoms with E-state index < -0.39 is 0 Å². The Morgan fingerprint density at radius 2 is 1.83 bits per heavy atom. The Hall–Kier alpha value is -4.00. The minimum atomic E-state index is -0.0893. The van der Waals surface area contributed by atoms with E-state index in [9.17, 15) is 9.59 Å². The minimum Gasteiger partial charge on any atom is -0.335 e. The van der Waals surface area contributed by atoms with Gasteiger partial charge in [-0.2, -0.15) is 0 Å². The van der Waals surface area contributed by atoms with Gasteiger partial charge in [-0.05, 0) is 49.6 Å². The molecule has 0 unspecified atom stereocenters. The van der Waals surface area contributed by atoms with Gasteiger partial charge in [0.1, 0.15) is 5.82 Å². The van der Waals surface area contributed by atoms with Crippen LogP contribution in [0.15, 0.2) is 67.0 Å². The molecule has 2 aromatic carbocycles. The van der Waals surface area contributed by atoms with Gasteiger partial charge in [0.05, 0.1) is 16.7 Å². The van der Waals surface area contributed by atoms with E-state index in [1.165, 1.54) is 0 Å². The Bertz CT molecular complexity index is 1360. The number of aromatic nitrogens is 3. The SMILES string of the molecule is CCN(Cc1ccccc1)C(=O)c1cc(NC(=O)C2CCC2)c2c(c1)nc(-c1ccncc1)n2C. The third-order valence-corrected chi connectivity index (χ3v) is 6.77. The first-order valence-electron chi connectivity index (χ1n) is 12.1. The molecule has 1 fully saturated rings. The number of hydrogen-bond acceptors (Lipinski definition) is 4. The highest BCUT2D eigenvalue weighted by Gasteiger charge is 2.27. The summed E-state index contributed by atoms with van der Waals surface area (Å²) in [5, 5.41) is 3.11. The second-order valence-electron chi connectivity index (χ2n) is 9.04. The standard InChI is InChI=1S/C28H29N5O2/c1-3-33(18-19-8-5-4-6-9-19)28(35)22-16-23-25(24(17-22)31-27(34)21-10-7-11-21)32(2)26(30-23)20-12-14-29-15-13-20/h4-6,8-9,12-17,21H,3,7,10-11,18H2,1-2H3,(H,31,34). The molecular weight excluding hydrogens is 438 g/mol. The van der Waals surface area contributed by atoms with Crippen molar-refractivity contribution < 1.29 is 9.59 Å². The fourth-order valence-electron chi connectivity index (χ4n) is 4.55. The highest BCUT2D eigenvalue weighted by Crippen LogP contribution is 2.33. The Morgan fingerprint density at radius 3 is 2.49 bits per heavy atom. The molecule has 1 aliphatic rings. The lowest BCUT2D eigenvalue weighted by Gasteiger charge is -2.25. The average molecular weight is 468 g/mol. The van der Waals surface area contributed by atoms with Crippen LogP contribution in [0.2, 0.25) is 0 Å². The van der Waals surface area contributed by atoms with Crippen LogP contribution < -0.4 is 5.32 Å². The van der Waals surface area contributed by atoms with Gasteiger partial charge in [-0.25, -0.2) is 4.98 Å². The lowest BCUT2D eigenvalue weighted by Crippen LogP contribution is -2.31. The first-order valence-corrected chi connectivity index (χ1v) is 12.1. The van der Waals surface area contributed by atoms with Gasteiger partial charge in [-0.1, -0.05) is 36.8 Å². The van der Waals surface area contributed by atoms with Gasteiger partial charge in [0, 0.05) is 49.6 Å². The van der Waals surface area contributed by atoms with Crippen molar-refractivity contribution in [3.8, 4) is 11.4 Å². The number of fused-ring (bicyclic) bond motifs is 1. The van der Waals surface area contributed by atoms with Crippen molar-refractivity contribution in [1.29, 1.82) is 0 Å². The van der Waals surface area contributed by atoms with E-state index in [0.29, 0.717) is 29.9 Å². The van der Waals surface area contributed by atoms with Crippen LogP contribution in [0.5, 0.6) is 0 Å². The number of pyridine rings is 1. The van der Waals surface area contributed by atoms with E-state index in [0.717, 1.165) is 41.7 Å². The highest BCUT2D eigenvalue weighted by molar-refractivity contribution is 6.06. The monoisotopic (exact) mass is 467 g/mol. The zero-order valence-electron chi connectivity index (χ0n) is 20.1. The number of hydrogen-bond donors (Lipinski definition) is 1. The molecule has 7 nitrogen and oxygen atoms in total. The molecule has 0 aliphatic heterocycles. The summed E-state index contributed by atoms with van der Waals surface area (Å²) in [7, 11) is 1.93. The highest BCUT2D eigenvalue weighted by atomic mass is 16.2. The average Bonchev–Trinajstić information content (AvgIpc) is 3.18. The lowest BCUT2D eigenvalue weighted by atomic mass is 9.85. The molecule has 0 spiro atoms. The van der Waals surface area contributed by atoms with Gasteiger partial charge in [-0.15, -0.1) is 0 Å². The molecule has 2 aromatic heterocycles. The van der Waals surface area contributed by atoms with Gasteiger partial charge in [0.25, 0.3) is 5.91 Å². The summed E-state index contributed by atoms with van der Waals surface area (Å²) in [6, 6.07) is 17.4. The zero-order valence-corrected chi connectivity index (χ0v) is 20.1. The fourth-order valence-corrected chi connectivity index (χ4v) is 4.55. The molecule has 35 heavy (non-hydrogen) atoms. The predicted molar refractivity (Wildman–Crippen MR) is 137 cm³/mol. The van der Waals surface area contributed by atoms with Crippen LogP contribution in [-0.2, 0) is 18.4 Å². The number of rotatable bonds is 7. The Balaban J connectivity index is 1.57. The van der Waals surface area contributed by atoms with E-state index in [-0.39, 0.29) is 17.7 Å². The molecule has 1 N–H and O–H groups in total. The topological polar surface area (TPSA) is 80.1 Å². The van der Waals surface area contributed by atoms with E-state index >= 15 is 0 Å². The van der Waals surface area contributed by atoms with Gasteiger partial charge < -0.3 is 14.8 Å². The largest absolute Gasteiger partial charge is 0.335 e. The van der Waals surface area contributed by atoms with Crippen molar-refractivity contribution in [1.82, 2.24) is 19.4 Å². The second-order valence-corrected chi connectivity index (χ2v) is 9.04. The molecule has 7 heteroatoms. The lowest BCUT2D eigenvalue weighted by molar-refractivity contribution is -0.122. The molecule has 0 bridgehead atoms. The molecule has 1 aliphatic carbocycles. The van der Waals surface area contributed by atoms with E-state index in [1.807, 2.05) is 67.1 Å². The predicted octanol–water partition coefficient (Wildman–Crippen LogP) is 5.04. The van der Waals surface area contributed by atoms with Crippen LogP contribution in [0.3, 0.4) is 0 Å². The van der Waals surface area contributed by atoms with Gasteiger partial charge in [0.15, 0.2) is 0 Å². The molecule has 1 saturated carbocycles. The van der Waals surface area contributed by atoms with Gasteiger partial charge >= 0.3 is 0 Å². The Kier molecular flexibility index (Phi) is 6.31. The third kappa shape index (κ3) is 4.54. The number of nitrogens with zero attached hydrogens (tertiary/aromatic N) is 4. The molecule has 5 rings (SSSR count). The molecule has 0 radical (unpaired) electrons. The first-order chi connectivity index (χ1) is 17.0. The summed E-state index contributed by atoms with van der Waals surface area (Å²) in [5.74, 6) is 0.698. The molecular formula is C28H29N5O2. The minimum absolute atomic E-state index is 0.00504. The van der Waals surface area contributed by atoms with Crippen LogP contribution >= 0.6 is 0 Å². The number of nitrogens with one attached hydrogen (secondary N) is 1. The fraction of sp³-hybridized carbons (Fsp3) is 0.286. The summed E-state index contributed by atoms with van der Waals surface area (Å²) in [6.45, 7) is 3.06. The number of aryl methyl sites for hydroxylation is 1. The van der Waals surface area contributed by atoms with Crippen LogP contribution in [-0.4, -0.2) is 37.8 Å². The summed E-state index contributed by atoms with van der Waals surface area (Å²) < 4.78 is 1.97. The second kappa shape index (κ2) is 9.70. The number of benzene rings is 2. The summed E-state index contributed by atoms with van der Waals surface area (Å²) in [6.07, 6.45) is 6.34. The normalized spacial score (nSPS) is 13.4. The molecule has 178 valence electrons. The van der Waals surface area contributed by atoms with E-state index in [1.54, 1.807) is 23.4 Å². The van der Waals surface area contributed by atoms with Crippen molar-refractivity contribution in [2.45, 2.75) is 32.7 Å². The number of imidazole rings is 1. The summed E-state index contributed by atoms with van der Waals surface area (Å²) >= 11 is 0. The maximum absolute atomic E-state index is 13.6. The van der Waals surface area contributed by atoms with E-state index in [2.05, 4.69) is 10.3 Å². The maximum Gasteiger partial charge on any atom is 0.254 e. The number of carbonyl (C=O) groups is 2. The zero-order chi connectivity index (χ0) is 24.4. The van der Waals surface area contributed by atoms with Crippen LogP contribution in [0, 0.1) is 5.92 Å². The van der Waals surface area contributed by atoms with Gasteiger partial charge in [-0.3, -0.25) is 14.6 Å². The Morgan fingerprint density at radius 1 is 1.09 bits per heavy atom. The quantitative estimate of drug-likeness (QED) is 0.413. The number of anilines is 1. The molecule has 0 atom stereocenters. The van der Waals surface area contributed by atoms with Crippen LogP contribution in [0.25, 0.3) is 22.4 Å². The third-order valence-electron chi connectivity index (χ3n) is 6.77. The van der Waals surface area contributed by atoms with Crippen molar-refractivity contribution >= 4 is 28.5 Å². The van der Waals surface area contributed by atoms with Crippen LogP contribution in [0.1, 0.15) is 42.1 Å². The van der Waals surface area contributed by atoms with Crippen molar-refractivity contribution in [2.75, 3.05) is 11.9 Å². The number of carbonyl (C=O) groups excluding carboxylic acids is 2. The number of amides is 2. The first kappa shape index (κ1) is 22.8.